The molecule has 0 saturated carbocycles. The van der Waals surface area contributed by atoms with Crippen LogP contribution in [-0.4, -0.2) is 24.0 Å². The summed E-state index contributed by atoms with van der Waals surface area (Å²) in [6, 6.07) is 3.74. The minimum Gasteiger partial charge on any atom is -0.478 e. The first-order valence-corrected chi connectivity index (χ1v) is 5.22. The van der Waals surface area contributed by atoms with E-state index >= 15 is 0 Å². The first-order valence-electron chi connectivity index (χ1n) is 5.22. The van der Waals surface area contributed by atoms with E-state index in [-0.39, 0.29) is 5.91 Å². The van der Waals surface area contributed by atoms with Crippen LogP contribution in [0.15, 0.2) is 24.4 Å². The highest BCUT2D eigenvalue weighted by molar-refractivity contribution is 5.73. The van der Waals surface area contributed by atoms with Crippen LogP contribution in [0, 0.1) is 0 Å². The molecule has 1 N–H and O–H groups in total. The van der Waals surface area contributed by atoms with E-state index in [0.717, 1.165) is 5.56 Å². The molecule has 0 atom stereocenters. The third-order valence-electron chi connectivity index (χ3n) is 1.83. The Hall–Kier alpha value is -1.84. The summed E-state index contributed by atoms with van der Waals surface area (Å²) in [7, 11) is 0. The van der Waals surface area contributed by atoms with Crippen molar-refractivity contribution in [3.8, 4) is 5.88 Å². The largest absolute Gasteiger partial charge is 0.478 e. The summed E-state index contributed by atoms with van der Waals surface area (Å²) < 4.78 is 5.23. The van der Waals surface area contributed by atoms with Gasteiger partial charge in [-0.15, -0.1) is 0 Å². The van der Waals surface area contributed by atoms with Crippen molar-refractivity contribution >= 4 is 12.0 Å². The molecule has 1 amide bonds. The molecule has 0 spiro atoms. The second-order valence-corrected chi connectivity index (χ2v) is 3.20. The van der Waals surface area contributed by atoms with E-state index in [1.165, 1.54) is 6.92 Å². The number of hydrogen-bond acceptors (Lipinski definition) is 3. The van der Waals surface area contributed by atoms with Gasteiger partial charge in [-0.25, -0.2) is 4.98 Å². The molecule has 1 heterocycles. The minimum absolute atomic E-state index is 0.0329. The molecule has 0 unspecified atom stereocenters. The number of rotatable bonds is 5. The van der Waals surface area contributed by atoms with E-state index in [1.807, 2.05) is 31.2 Å². The van der Waals surface area contributed by atoms with Crippen LogP contribution in [0.3, 0.4) is 0 Å². The lowest BCUT2D eigenvalue weighted by Crippen LogP contribution is -2.19. The van der Waals surface area contributed by atoms with Crippen LogP contribution in [-0.2, 0) is 4.79 Å². The van der Waals surface area contributed by atoms with Crippen LogP contribution in [0.5, 0.6) is 5.88 Å². The van der Waals surface area contributed by atoms with Crippen molar-refractivity contribution in [2.24, 2.45) is 0 Å². The van der Waals surface area contributed by atoms with Crippen molar-refractivity contribution in [1.82, 2.24) is 10.3 Å². The summed E-state index contributed by atoms with van der Waals surface area (Å²) in [5.41, 5.74) is 0.980. The predicted octanol–water partition coefficient (Wildman–Crippen LogP) is 1.63. The molecule has 0 saturated heterocycles. The molecule has 0 aliphatic carbocycles. The van der Waals surface area contributed by atoms with Gasteiger partial charge in [-0.1, -0.05) is 12.2 Å². The Labute approximate surface area is 95.3 Å². The first kappa shape index (κ1) is 12.2. The fraction of sp³-hybridized carbons (Fsp3) is 0.333. The summed E-state index contributed by atoms with van der Waals surface area (Å²) in [6.45, 7) is 4.56. The Morgan fingerprint density at radius 1 is 1.56 bits per heavy atom. The van der Waals surface area contributed by atoms with Gasteiger partial charge in [0.1, 0.15) is 0 Å². The smallest absolute Gasteiger partial charge is 0.217 e. The van der Waals surface area contributed by atoms with E-state index in [0.29, 0.717) is 19.0 Å². The van der Waals surface area contributed by atoms with Crippen LogP contribution in [0.25, 0.3) is 6.08 Å². The molecule has 4 nitrogen and oxygen atoms in total. The second kappa shape index (κ2) is 6.61. The highest BCUT2D eigenvalue weighted by Crippen LogP contribution is 2.08. The van der Waals surface area contributed by atoms with Gasteiger partial charge in [-0.05, 0) is 18.6 Å². The predicted molar refractivity (Wildman–Crippen MR) is 63.1 cm³/mol. The van der Waals surface area contributed by atoms with Gasteiger partial charge in [0.25, 0.3) is 0 Å². The molecule has 4 heteroatoms. The maximum Gasteiger partial charge on any atom is 0.217 e. The average Bonchev–Trinajstić information content (AvgIpc) is 2.27. The number of nitrogens with zero attached hydrogens (tertiary/aromatic N) is 1. The van der Waals surface area contributed by atoms with E-state index in [4.69, 9.17) is 4.74 Å². The molecule has 0 aromatic carbocycles. The third-order valence-corrected chi connectivity index (χ3v) is 1.83. The zero-order chi connectivity index (χ0) is 11.8. The molecule has 0 radical (unpaired) electrons. The van der Waals surface area contributed by atoms with Crippen molar-refractivity contribution in [3.63, 3.8) is 0 Å². The van der Waals surface area contributed by atoms with Crippen LogP contribution < -0.4 is 10.1 Å². The summed E-state index contributed by atoms with van der Waals surface area (Å²) in [4.78, 5) is 14.7. The lowest BCUT2D eigenvalue weighted by Gasteiger charge is -2.01. The van der Waals surface area contributed by atoms with Gasteiger partial charge in [0.15, 0.2) is 0 Å². The zero-order valence-electron chi connectivity index (χ0n) is 9.56. The van der Waals surface area contributed by atoms with Gasteiger partial charge in [0.2, 0.25) is 11.8 Å². The van der Waals surface area contributed by atoms with Crippen molar-refractivity contribution in [3.05, 3.63) is 30.0 Å². The van der Waals surface area contributed by atoms with Gasteiger partial charge < -0.3 is 10.1 Å². The summed E-state index contributed by atoms with van der Waals surface area (Å²) in [5, 5.41) is 2.68. The fourth-order valence-corrected chi connectivity index (χ4v) is 1.12. The summed E-state index contributed by atoms with van der Waals surface area (Å²) in [6.07, 6.45) is 5.51. The first-order chi connectivity index (χ1) is 7.72. The second-order valence-electron chi connectivity index (χ2n) is 3.20. The molecule has 86 valence electrons. The fourth-order valence-electron chi connectivity index (χ4n) is 1.12. The van der Waals surface area contributed by atoms with Gasteiger partial charge >= 0.3 is 0 Å². The minimum atomic E-state index is -0.0329. The van der Waals surface area contributed by atoms with Crippen molar-refractivity contribution in [1.29, 1.82) is 0 Å². The van der Waals surface area contributed by atoms with Crippen LogP contribution in [0.1, 0.15) is 19.4 Å². The Kier molecular flexibility index (Phi) is 5.05. The van der Waals surface area contributed by atoms with Crippen LogP contribution in [0.2, 0.25) is 0 Å². The number of hydrogen-bond donors (Lipinski definition) is 1. The van der Waals surface area contributed by atoms with Crippen molar-refractivity contribution < 1.29 is 9.53 Å². The quantitative estimate of drug-likeness (QED) is 0.820. The molecular formula is C12H16N2O2. The molecule has 0 fully saturated rings. The SMILES string of the molecule is CCOc1ccc(C=CCNC(C)=O)cn1. The number of carbonyl (C=O) groups excluding carboxylic acids is 1. The van der Waals surface area contributed by atoms with E-state index in [1.54, 1.807) is 6.20 Å². The average molecular weight is 220 g/mol. The Morgan fingerprint density at radius 3 is 2.94 bits per heavy atom. The highest BCUT2D eigenvalue weighted by atomic mass is 16.5. The van der Waals surface area contributed by atoms with Gasteiger partial charge in [0, 0.05) is 25.7 Å². The maximum absolute atomic E-state index is 10.6. The van der Waals surface area contributed by atoms with Gasteiger partial charge in [-0.3, -0.25) is 4.79 Å². The molecule has 0 aliphatic heterocycles. The zero-order valence-corrected chi connectivity index (χ0v) is 9.56. The Morgan fingerprint density at radius 2 is 2.38 bits per heavy atom. The number of ether oxygens (including phenoxy) is 1. The number of amides is 1. The molecule has 1 aromatic heterocycles. The Bertz CT molecular complexity index is 358. The monoisotopic (exact) mass is 220 g/mol. The van der Waals surface area contributed by atoms with Crippen LogP contribution in [0.4, 0.5) is 0 Å². The molecule has 0 aliphatic rings. The molecule has 1 rings (SSSR count). The number of aromatic nitrogens is 1. The maximum atomic E-state index is 10.6. The lowest BCUT2D eigenvalue weighted by molar-refractivity contribution is -0.118. The van der Waals surface area contributed by atoms with Crippen molar-refractivity contribution in [2.45, 2.75) is 13.8 Å². The van der Waals surface area contributed by atoms with E-state index < -0.39 is 0 Å². The van der Waals surface area contributed by atoms with Crippen LogP contribution >= 0.6 is 0 Å². The van der Waals surface area contributed by atoms with E-state index in [9.17, 15) is 4.79 Å². The number of pyridine rings is 1. The lowest BCUT2D eigenvalue weighted by atomic mass is 10.2. The third kappa shape index (κ3) is 4.59. The molecule has 16 heavy (non-hydrogen) atoms. The molecule has 1 aromatic rings. The van der Waals surface area contributed by atoms with Crippen molar-refractivity contribution in [2.75, 3.05) is 13.2 Å². The topological polar surface area (TPSA) is 51.2 Å². The number of carbonyl (C=O) groups is 1. The Balaban J connectivity index is 2.45. The van der Waals surface area contributed by atoms with E-state index in [2.05, 4.69) is 10.3 Å². The highest BCUT2D eigenvalue weighted by Gasteiger charge is 1.92. The molecular weight excluding hydrogens is 204 g/mol. The number of nitrogens with one attached hydrogen (secondary N) is 1. The normalized spacial score (nSPS) is 10.4. The molecule has 0 bridgehead atoms. The van der Waals surface area contributed by atoms with Gasteiger partial charge in [0.05, 0.1) is 6.61 Å². The summed E-state index contributed by atoms with van der Waals surface area (Å²) in [5.74, 6) is 0.593. The summed E-state index contributed by atoms with van der Waals surface area (Å²) >= 11 is 0. The van der Waals surface area contributed by atoms with Gasteiger partial charge in [-0.2, -0.15) is 0 Å². The standard InChI is InChI=1S/C12H16N2O2/c1-3-16-12-7-6-11(9-14-12)5-4-8-13-10(2)15/h4-7,9H,3,8H2,1-2H3,(H,13,15).